The maximum atomic E-state index is 6.65. The van der Waals surface area contributed by atoms with Crippen molar-refractivity contribution in [2.24, 2.45) is 29.6 Å². The second-order valence-corrected chi connectivity index (χ2v) is 9.18. The Bertz CT molecular complexity index is 793. The van der Waals surface area contributed by atoms with E-state index in [-0.39, 0.29) is 0 Å². The molecule has 0 aliphatic heterocycles. The Morgan fingerprint density at radius 3 is 2.12 bits per heavy atom. The summed E-state index contributed by atoms with van der Waals surface area (Å²) in [5, 5.41) is 0.936. The molecule has 0 nitrogen and oxygen atoms in total. The predicted octanol–water partition coefficient (Wildman–Crippen LogP) is 6.52. The molecule has 0 heterocycles. The van der Waals surface area contributed by atoms with Crippen LogP contribution in [0.2, 0.25) is 5.02 Å². The monoisotopic (exact) mass is 334 g/mol. The van der Waals surface area contributed by atoms with E-state index in [0.717, 1.165) is 34.6 Å². The van der Waals surface area contributed by atoms with Crippen LogP contribution in [0.15, 0.2) is 42.5 Å². The van der Waals surface area contributed by atoms with Gasteiger partial charge in [0.05, 0.1) is 0 Å². The minimum Gasteiger partial charge on any atom is -0.0837 e. The first-order valence-electron chi connectivity index (χ1n) is 9.67. The van der Waals surface area contributed by atoms with Gasteiger partial charge in [-0.25, -0.2) is 0 Å². The van der Waals surface area contributed by atoms with Crippen molar-refractivity contribution in [2.45, 2.75) is 38.0 Å². The first kappa shape index (κ1) is 14.0. The highest BCUT2D eigenvalue weighted by Crippen LogP contribution is 2.63. The molecule has 2 aromatic carbocycles. The molecule has 0 radical (unpaired) electrons. The molecule has 1 atom stereocenters. The summed E-state index contributed by atoms with van der Waals surface area (Å²) >= 11 is 6.65. The van der Waals surface area contributed by atoms with Gasteiger partial charge in [-0.2, -0.15) is 0 Å². The van der Waals surface area contributed by atoms with Gasteiger partial charge in [-0.3, -0.25) is 0 Å². The van der Waals surface area contributed by atoms with Crippen LogP contribution in [0.1, 0.15) is 49.1 Å². The highest BCUT2D eigenvalue weighted by Gasteiger charge is 2.52. The Morgan fingerprint density at radius 1 is 0.708 bits per heavy atom. The van der Waals surface area contributed by atoms with Gasteiger partial charge in [0.2, 0.25) is 0 Å². The normalized spacial score (nSPS) is 38.2. The van der Waals surface area contributed by atoms with Crippen LogP contribution in [-0.4, -0.2) is 0 Å². The Morgan fingerprint density at radius 2 is 1.38 bits per heavy atom. The van der Waals surface area contributed by atoms with Gasteiger partial charge in [0, 0.05) is 16.5 Å². The number of benzene rings is 2. The molecule has 0 saturated heterocycles. The zero-order valence-electron chi connectivity index (χ0n) is 13.9. The molecule has 7 rings (SSSR count). The summed E-state index contributed by atoms with van der Waals surface area (Å²) in [7, 11) is 0. The molecule has 5 aliphatic rings. The van der Waals surface area contributed by atoms with Crippen LogP contribution in [0.5, 0.6) is 0 Å². The highest BCUT2D eigenvalue weighted by atomic mass is 35.5. The van der Waals surface area contributed by atoms with E-state index in [1.54, 1.807) is 5.56 Å². The van der Waals surface area contributed by atoms with Gasteiger partial charge in [-0.15, -0.1) is 0 Å². The summed E-state index contributed by atoms with van der Waals surface area (Å²) in [5.41, 5.74) is 5.80. The van der Waals surface area contributed by atoms with E-state index in [9.17, 15) is 0 Å². The SMILES string of the molecule is Clc1cccc2c1-c1ccccc1C2C1C2CC3CC(C2)CC1C3. The fourth-order valence-corrected chi connectivity index (χ4v) is 7.46. The molecule has 0 spiro atoms. The topological polar surface area (TPSA) is 0 Å². The van der Waals surface area contributed by atoms with Gasteiger partial charge in [-0.05, 0) is 84.5 Å². The van der Waals surface area contributed by atoms with E-state index in [1.807, 2.05) is 0 Å². The molecule has 0 N–H and O–H groups in total. The second-order valence-electron chi connectivity index (χ2n) is 8.78. The third-order valence-electron chi connectivity index (χ3n) is 7.63. The fraction of sp³-hybridized carbons (Fsp3) is 0.478. The van der Waals surface area contributed by atoms with E-state index in [2.05, 4.69) is 42.5 Å². The van der Waals surface area contributed by atoms with Gasteiger partial charge in [0.25, 0.3) is 0 Å². The Kier molecular flexibility index (Phi) is 2.84. The predicted molar refractivity (Wildman–Crippen MR) is 99.3 cm³/mol. The van der Waals surface area contributed by atoms with Crippen LogP contribution in [0.25, 0.3) is 11.1 Å². The van der Waals surface area contributed by atoms with Crippen molar-refractivity contribution in [2.75, 3.05) is 0 Å². The lowest BCUT2D eigenvalue weighted by Crippen LogP contribution is -2.47. The molecule has 24 heavy (non-hydrogen) atoms. The van der Waals surface area contributed by atoms with Crippen LogP contribution < -0.4 is 0 Å². The lowest BCUT2D eigenvalue weighted by atomic mass is 9.49. The first-order chi connectivity index (χ1) is 11.8. The number of halogens is 1. The molecule has 1 unspecified atom stereocenters. The van der Waals surface area contributed by atoms with Crippen LogP contribution in [-0.2, 0) is 0 Å². The van der Waals surface area contributed by atoms with E-state index < -0.39 is 0 Å². The zero-order valence-corrected chi connectivity index (χ0v) is 14.7. The van der Waals surface area contributed by atoms with Crippen LogP contribution in [0, 0.1) is 29.6 Å². The minimum atomic E-state index is 0.588. The third kappa shape index (κ3) is 1.76. The standard InChI is InChI=1S/C23H23Cl/c24-20-7-3-6-19-22(20)17-4-1-2-5-18(17)23(19)21-15-9-13-8-14(11-15)12-16(21)10-13/h1-7,13-16,21,23H,8-12H2. The molecule has 4 saturated carbocycles. The van der Waals surface area contributed by atoms with Crippen molar-refractivity contribution < 1.29 is 0 Å². The van der Waals surface area contributed by atoms with Crippen molar-refractivity contribution in [3.63, 3.8) is 0 Å². The van der Waals surface area contributed by atoms with Gasteiger partial charge < -0.3 is 0 Å². The molecule has 5 aliphatic carbocycles. The Labute approximate surface area is 149 Å². The van der Waals surface area contributed by atoms with Gasteiger partial charge in [0.1, 0.15) is 0 Å². The summed E-state index contributed by atoms with van der Waals surface area (Å²) in [6.07, 6.45) is 7.50. The fourth-order valence-electron chi connectivity index (χ4n) is 7.17. The largest absolute Gasteiger partial charge is 0.0837 e. The van der Waals surface area contributed by atoms with Crippen LogP contribution in [0.4, 0.5) is 0 Å². The summed E-state index contributed by atoms with van der Waals surface area (Å²) in [4.78, 5) is 0. The maximum Gasteiger partial charge on any atom is 0.0487 e. The van der Waals surface area contributed by atoms with Crippen molar-refractivity contribution in [1.82, 2.24) is 0 Å². The quantitative estimate of drug-likeness (QED) is 0.556. The molecule has 0 aromatic heterocycles. The van der Waals surface area contributed by atoms with Crippen molar-refractivity contribution in [1.29, 1.82) is 0 Å². The average molecular weight is 335 g/mol. The smallest absolute Gasteiger partial charge is 0.0487 e. The lowest BCUT2D eigenvalue weighted by Gasteiger charge is -2.56. The van der Waals surface area contributed by atoms with Gasteiger partial charge in [-0.1, -0.05) is 48.0 Å². The van der Waals surface area contributed by atoms with E-state index in [1.165, 1.54) is 48.8 Å². The molecular weight excluding hydrogens is 312 g/mol. The summed E-state index contributed by atoms with van der Waals surface area (Å²) < 4.78 is 0. The Balaban J connectivity index is 1.53. The summed E-state index contributed by atoms with van der Waals surface area (Å²) in [6, 6.07) is 15.6. The van der Waals surface area contributed by atoms with E-state index in [4.69, 9.17) is 11.6 Å². The second kappa shape index (κ2) is 4.88. The van der Waals surface area contributed by atoms with Crippen molar-refractivity contribution in [3.05, 3.63) is 58.6 Å². The molecule has 2 aromatic rings. The first-order valence-corrected chi connectivity index (χ1v) is 10.0. The van der Waals surface area contributed by atoms with Crippen molar-refractivity contribution in [3.8, 4) is 11.1 Å². The van der Waals surface area contributed by atoms with E-state index in [0.29, 0.717) is 5.92 Å². The van der Waals surface area contributed by atoms with Crippen molar-refractivity contribution >= 4 is 11.6 Å². The van der Waals surface area contributed by atoms with E-state index >= 15 is 0 Å². The summed E-state index contributed by atoms with van der Waals surface area (Å²) in [5.74, 6) is 5.41. The molecular formula is C23H23Cl. The van der Waals surface area contributed by atoms with Crippen LogP contribution >= 0.6 is 11.6 Å². The number of hydrogen-bond donors (Lipinski definition) is 0. The van der Waals surface area contributed by atoms with Gasteiger partial charge >= 0.3 is 0 Å². The van der Waals surface area contributed by atoms with Gasteiger partial charge in [0.15, 0.2) is 0 Å². The number of fused-ring (bicyclic) bond motifs is 3. The summed E-state index contributed by atoms with van der Waals surface area (Å²) in [6.45, 7) is 0. The average Bonchev–Trinajstić information content (AvgIpc) is 2.90. The molecule has 0 amide bonds. The van der Waals surface area contributed by atoms with Crippen LogP contribution in [0.3, 0.4) is 0 Å². The molecule has 122 valence electrons. The third-order valence-corrected chi connectivity index (χ3v) is 7.95. The maximum absolute atomic E-state index is 6.65. The molecule has 4 bridgehead atoms. The number of rotatable bonds is 1. The molecule has 4 fully saturated rings. The lowest BCUT2D eigenvalue weighted by molar-refractivity contribution is -0.0424. The Hall–Kier alpha value is -1.27. The zero-order chi connectivity index (χ0) is 15.8. The molecule has 1 heteroatoms. The minimum absolute atomic E-state index is 0.588. The highest BCUT2D eigenvalue weighted by molar-refractivity contribution is 6.33. The number of hydrogen-bond acceptors (Lipinski definition) is 0.